The van der Waals surface area contributed by atoms with E-state index in [1.54, 1.807) is 48.8 Å². The Morgan fingerprint density at radius 1 is 1.26 bits per heavy atom. The molecule has 0 bridgehead atoms. The third-order valence-corrected chi connectivity index (χ3v) is 4.56. The van der Waals surface area contributed by atoms with Crippen LogP contribution in [0.1, 0.15) is 34.0 Å². The number of aromatic nitrogens is 1. The zero-order valence-electron chi connectivity index (χ0n) is 15.4. The minimum atomic E-state index is -1.29. The summed E-state index contributed by atoms with van der Waals surface area (Å²) in [4.78, 5) is 27.3. The monoisotopic (exact) mass is 396 g/mol. The first kappa shape index (κ1) is 23.7. The Kier molecular flexibility index (Phi) is 10.6. The minimum Gasteiger partial charge on any atom is -0.548 e. The molecule has 0 aliphatic heterocycles. The summed E-state index contributed by atoms with van der Waals surface area (Å²) in [6.07, 6.45) is 5.14. The quantitative estimate of drug-likeness (QED) is 0.474. The second kappa shape index (κ2) is 12.2. The molecule has 1 aromatic heterocycles. The standard InChI is InChI=1S/C19H22N2O4S.Na/c1-26-10-8-16(19(24)25)21-18(23)14-6-4-13(5-7-14)11-17(22)15-3-2-9-20-12-15;/h2-7,9,12,16-17,22H,8,10-11H2,1H3,(H,21,23)(H,24,25);/q;+1/p-1. The van der Waals surface area contributed by atoms with Crippen LogP contribution < -0.4 is 40.0 Å². The van der Waals surface area contributed by atoms with E-state index in [4.69, 9.17) is 0 Å². The van der Waals surface area contributed by atoms with Crippen LogP contribution in [-0.4, -0.2) is 40.0 Å². The Bertz CT molecular complexity index is 728. The fourth-order valence-electron chi connectivity index (χ4n) is 2.43. The third-order valence-electron chi connectivity index (χ3n) is 3.91. The van der Waals surface area contributed by atoms with Crippen molar-refractivity contribution in [2.24, 2.45) is 0 Å². The maximum absolute atomic E-state index is 12.2. The smallest absolute Gasteiger partial charge is 0.548 e. The Morgan fingerprint density at radius 3 is 2.52 bits per heavy atom. The topological polar surface area (TPSA) is 102 Å². The number of aliphatic carboxylic acids is 1. The molecule has 6 nitrogen and oxygen atoms in total. The molecule has 2 aromatic rings. The number of aliphatic hydroxyl groups is 1. The third kappa shape index (κ3) is 7.63. The summed E-state index contributed by atoms with van der Waals surface area (Å²) < 4.78 is 0. The number of rotatable bonds is 9. The van der Waals surface area contributed by atoms with Crippen molar-refractivity contribution >= 4 is 23.6 Å². The maximum atomic E-state index is 12.2. The van der Waals surface area contributed by atoms with E-state index in [1.165, 1.54) is 11.8 Å². The van der Waals surface area contributed by atoms with Crippen molar-refractivity contribution in [2.45, 2.75) is 25.0 Å². The molecule has 2 atom stereocenters. The van der Waals surface area contributed by atoms with Gasteiger partial charge in [0, 0.05) is 24.4 Å². The molecule has 2 N–H and O–H groups in total. The van der Waals surface area contributed by atoms with Crippen LogP contribution in [0.25, 0.3) is 0 Å². The number of nitrogens with one attached hydrogen (secondary N) is 1. The molecule has 0 aliphatic carbocycles. The van der Waals surface area contributed by atoms with Crippen LogP contribution in [0.5, 0.6) is 0 Å². The molecule has 0 spiro atoms. The molecule has 2 rings (SSSR count). The largest absolute Gasteiger partial charge is 1.00 e. The van der Waals surface area contributed by atoms with E-state index in [9.17, 15) is 19.8 Å². The van der Waals surface area contributed by atoms with E-state index < -0.39 is 24.0 Å². The second-order valence-electron chi connectivity index (χ2n) is 5.83. The van der Waals surface area contributed by atoms with Crippen LogP contribution in [0.4, 0.5) is 0 Å². The van der Waals surface area contributed by atoms with Crippen molar-refractivity contribution in [1.82, 2.24) is 10.3 Å². The molecule has 1 aromatic carbocycles. The molecule has 27 heavy (non-hydrogen) atoms. The number of hydrogen-bond acceptors (Lipinski definition) is 6. The number of carbonyl (C=O) groups excluding carboxylic acids is 2. The molecule has 0 radical (unpaired) electrons. The van der Waals surface area contributed by atoms with Crippen LogP contribution in [0.2, 0.25) is 0 Å². The van der Waals surface area contributed by atoms with E-state index >= 15 is 0 Å². The van der Waals surface area contributed by atoms with E-state index in [1.807, 2.05) is 6.26 Å². The van der Waals surface area contributed by atoms with Gasteiger partial charge < -0.3 is 20.3 Å². The zero-order chi connectivity index (χ0) is 18.9. The number of amides is 1. The van der Waals surface area contributed by atoms with Crippen molar-refractivity contribution in [3.05, 3.63) is 65.5 Å². The minimum absolute atomic E-state index is 0. The molecule has 2 unspecified atom stereocenters. The summed E-state index contributed by atoms with van der Waals surface area (Å²) in [5, 5.41) is 23.8. The van der Waals surface area contributed by atoms with Crippen LogP contribution >= 0.6 is 11.8 Å². The average Bonchev–Trinajstić information content (AvgIpc) is 2.66. The number of pyridine rings is 1. The second-order valence-corrected chi connectivity index (χ2v) is 6.82. The molecular formula is C19H21N2NaO4S. The summed E-state index contributed by atoms with van der Waals surface area (Å²) in [5.41, 5.74) is 1.94. The van der Waals surface area contributed by atoms with E-state index in [0.717, 1.165) is 11.1 Å². The summed E-state index contributed by atoms with van der Waals surface area (Å²) in [5.74, 6) is -1.13. The average molecular weight is 396 g/mol. The van der Waals surface area contributed by atoms with Crippen LogP contribution in [0.15, 0.2) is 48.8 Å². The molecule has 1 amide bonds. The van der Waals surface area contributed by atoms with Gasteiger partial charge in [0.2, 0.25) is 0 Å². The number of carboxylic acid groups (broad SMARTS) is 1. The van der Waals surface area contributed by atoms with Crippen LogP contribution in [0, 0.1) is 0 Å². The van der Waals surface area contributed by atoms with Crippen LogP contribution in [0.3, 0.4) is 0 Å². The summed E-state index contributed by atoms with van der Waals surface area (Å²) in [6, 6.07) is 9.25. The van der Waals surface area contributed by atoms with Gasteiger partial charge in [0.25, 0.3) is 5.91 Å². The van der Waals surface area contributed by atoms with Gasteiger partial charge in [-0.2, -0.15) is 11.8 Å². The summed E-state index contributed by atoms with van der Waals surface area (Å²) >= 11 is 1.51. The first-order valence-corrected chi connectivity index (χ1v) is 9.58. The molecule has 0 aliphatic rings. The van der Waals surface area contributed by atoms with Gasteiger partial charge in [0.1, 0.15) is 0 Å². The number of aliphatic hydroxyl groups excluding tert-OH is 1. The SMILES string of the molecule is CSCCC(NC(=O)c1ccc(CC(O)c2cccnc2)cc1)C(=O)[O-].[Na+]. The van der Waals surface area contributed by atoms with Gasteiger partial charge in [0.05, 0.1) is 18.1 Å². The number of nitrogens with zero attached hydrogens (tertiary/aromatic N) is 1. The van der Waals surface area contributed by atoms with Crippen molar-refractivity contribution < 1.29 is 49.4 Å². The fourth-order valence-corrected chi connectivity index (χ4v) is 2.90. The Labute approximate surface area is 185 Å². The van der Waals surface area contributed by atoms with Crippen molar-refractivity contribution in [3.63, 3.8) is 0 Å². The van der Waals surface area contributed by atoms with Gasteiger partial charge in [-0.15, -0.1) is 0 Å². The Balaban J connectivity index is 0.00000364. The number of thioether (sulfide) groups is 1. The Morgan fingerprint density at radius 2 is 1.96 bits per heavy atom. The predicted octanol–water partition coefficient (Wildman–Crippen LogP) is -2.04. The maximum Gasteiger partial charge on any atom is 1.00 e. The first-order valence-electron chi connectivity index (χ1n) is 8.19. The number of carbonyl (C=O) groups is 2. The molecule has 8 heteroatoms. The predicted molar refractivity (Wildman–Crippen MR) is 98.6 cm³/mol. The van der Waals surface area contributed by atoms with Gasteiger partial charge in [0.15, 0.2) is 0 Å². The van der Waals surface area contributed by atoms with E-state index in [-0.39, 0.29) is 29.6 Å². The van der Waals surface area contributed by atoms with Gasteiger partial charge >= 0.3 is 29.6 Å². The zero-order valence-corrected chi connectivity index (χ0v) is 18.2. The molecule has 0 fully saturated rings. The van der Waals surface area contributed by atoms with E-state index in [0.29, 0.717) is 24.2 Å². The first-order chi connectivity index (χ1) is 12.5. The number of hydrogen-bond donors (Lipinski definition) is 2. The molecular weight excluding hydrogens is 375 g/mol. The molecule has 1 heterocycles. The van der Waals surface area contributed by atoms with Crippen molar-refractivity contribution in [2.75, 3.05) is 12.0 Å². The van der Waals surface area contributed by atoms with Gasteiger partial charge in [-0.3, -0.25) is 9.78 Å². The van der Waals surface area contributed by atoms with Crippen LogP contribution in [-0.2, 0) is 11.2 Å². The summed E-state index contributed by atoms with van der Waals surface area (Å²) in [6.45, 7) is 0. The van der Waals surface area contributed by atoms with E-state index in [2.05, 4.69) is 10.3 Å². The number of benzene rings is 1. The normalized spacial score (nSPS) is 12.5. The molecule has 0 saturated heterocycles. The van der Waals surface area contributed by atoms with Gasteiger partial charge in [-0.25, -0.2) is 0 Å². The van der Waals surface area contributed by atoms with Gasteiger partial charge in [-0.1, -0.05) is 18.2 Å². The van der Waals surface area contributed by atoms with Crippen molar-refractivity contribution in [1.29, 1.82) is 0 Å². The summed E-state index contributed by atoms with van der Waals surface area (Å²) in [7, 11) is 0. The molecule has 138 valence electrons. The molecule has 0 saturated carbocycles. The fraction of sp³-hybridized carbons (Fsp3) is 0.316. The van der Waals surface area contributed by atoms with Gasteiger partial charge in [-0.05, 0) is 47.8 Å². The number of carboxylic acids is 1. The van der Waals surface area contributed by atoms with Crippen molar-refractivity contribution in [3.8, 4) is 0 Å². The Hall–Kier alpha value is -1.38.